The Kier molecular flexibility index (Phi) is 3.90. The molecule has 0 saturated carbocycles. The molecule has 0 radical (unpaired) electrons. The summed E-state index contributed by atoms with van der Waals surface area (Å²) in [6.07, 6.45) is 1.80. The van der Waals surface area contributed by atoms with E-state index in [1.165, 1.54) is 5.56 Å². The number of ether oxygens (including phenoxy) is 1. The molecule has 19 heavy (non-hydrogen) atoms. The van der Waals surface area contributed by atoms with Crippen molar-refractivity contribution in [3.8, 4) is 17.0 Å². The number of hydrogen-bond acceptors (Lipinski definition) is 3. The highest BCUT2D eigenvalue weighted by Crippen LogP contribution is 2.32. The number of nitrogens with two attached hydrogens (primary N) is 1. The number of aromatic nitrogens is 2. The van der Waals surface area contributed by atoms with Crippen molar-refractivity contribution in [2.75, 3.05) is 7.11 Å². The van der Waals surface area contributed by atoms with Crippen LogP contribution in [-0.4, -0.2) is 16.7 Å². The van der Waals surface area contributed by atoms with Gasteiger partial charge in [0.2, 0.25) is 0 Å². The second-order valence-electron chi connectivity index (χ2n) is 4.97. The van der Waals surface area contributed by atoms with Gasteiger partial charge in [-0.2, -0.15) is 0 Å². The van der Waals surface area contributed by atoms with Crippen LogP contribution in [-0.2, 0) is 13.6 Å². The molecule has 0 aliphatic carbocycles. The molecule has 0 fully saturated rings. The quantitative estimate of drug-likeness (QED) is 0.918. The first kappa shape index (κ1) is 13.6. The lowest BCUT2D eigenvalue weighted by molar-refractivity contribution is 0.407. The Bertz CT molecular complexity index is 573. The largest absolute Gasteiger partial charge is 0.496 e. The molecule has 0 aliphatic heterocycles. The van der Waals surface area contributed by atoms with Crippen LogP contribution in [0.25, 0.3) is 11.3 Å². The highest BCUT2D eigenvalue weighted by molar-refractivity contribution is 5.65. The molecule has 0 amide bonds. The van der Waals surface area contributed by atoms with E-state index >= 15 is 0 Å². The topological polar surface area (TPSA) is 53.1 Å². The molecule has 0 bridgehead atoms. The summed E-state index contributed by atoms with van der Waals surface area (Å²) in [6.45, 7) is 4.79. The Morgan fingerprint density at radius 3 is 2.68 bits per heavy atom. The zero-order chi connectivity index (χ0) is 14.0. The van der Waals surface area contributed by atoms with Crippen molar-refractivity contribution in [2.45, 2.75) is 26.3 Å². The lowest BCUT2D eigenvalue weighted by Crippen LogP contribution is -2.04. The van der Waals surface area contributed by atoms with Gasteiger partial charge in [-0.15, -0.1) is 0 Å². The molecular weight excluding hydrogens is 238 g/mol. The minimum Gasteiger partial charge on any atom is -0.496 e. The maximum atomic E-state index is 5.80. The SMILES string of the molecule is COc1ccc(-c2ncn(C)c2CN)cc1C(C)C. The standard InChI is InChI=1S/C15H21N3O/c1-10(2)12-7-11(5-6-14(12)19-4)15-13(8-16)18(3)9-17-15/h5-7,9-10H,8,16H2,1-4H3. The summed E-state index contributed by atoms with van der Waals surface area (Å²) in [7, 11) is 3.67. The Morgan fingerprint density at radius 2 is 2.11 bits per heavy atom. The van der Waals surface area contributed by atoms with Crippen LogP contribution < -0.4 is 10.5 Å². The van der Waals surface area contributed by atoms with Gasteiger partial charge in [0.15, 0.2) is 0 Å². The summed E-state index contributed by atoms with van der Waals surface area (Å²) < 4.78 is 7.38. The van der Waals surface area contributed by atoms with E-state index in [0.29, 0.717) is 12.5 Å². The Morgan fingerprint density at radius 1 is 1.37 bits per heavy atom. The van der Waals surface area contributed by atoms with Gasteiger partial charge < -0.3 is 15.0 Å². The van der Waals surface area contributed by atoms with Gasteiger partial charge >= 0.3 is 0 Å². The normalized spacial score (nSPS) is 11.1. The fourth-order valence-electron chi connectivity index (χ4n) is 2.27. The maximum Gasteiger partial charge on any atom is 0.122 e. The van der Waals surface area contributed by atoms with Gasteiger partial charge in [0, 0.05) is 19.2 Å². The van der Waals surface area contributed by atoms with Crippen molar-refractivity contribution >= 4 is 0 Å². The third kappa shape index (κ3) is 2.49. The zero-order valence-corrected chi connectivity index (χ0v) is 12.0. The minimum absolute atomic E-state index is 0.403. The Labute approximate surface area is 114 Å². The van der Waals surface area contributed by atoms with Crippen LogP contribution >= 0.6 is 0 Å². The third-order valence-corrected chi connectivity index (χ3v) is 3.38. The lowest BCUT2D eigenvalue weighted by Gasteiger charge is -2.13. The molecule has 4 heteroatoms. The van der Waals surface area contributed by atoms with Crippen molar-refractivity contribution < 1.29 is 4.74 Å². The number of aryl methyl sites for hydroxylation is 1. The van der Waals surface area contributed by atoms with E-state index in [9.17, 15) is 0 Å². The highest BCUT2D eigenvalue weighted by atomic mass is 16.5. The first-order chi connectivity index (χ1) is 9.08. The van der Waals surface area contributed by atoms with Crippen molar-refractivity contribution in [2.24, 2.45) is 12.8 Å². The lowest BCUT2D eigenvalue weighted by atomic mass is 9.98. The molecule has 0 unspecified atom stereocenters. The summed E-state index contributed by atoms with van der Waals surface area (Å²) in [4.78, 5) is 4.45. The van der Waals surface area contributed by atoms with Gasteiger partial charge in [-0.25, -0.2) is 4.98 Å². The van der Waals surface area contributed by atoms with E-state index in [-0.39, 0.29) is 0 Å². The summed E-state index contributed by atoms with van der Waals surface area (Å²) in [6, 6.07) is 6.18. The molecule has 102 valence electrons. The monoisotopic (exact) mass is 259 g/mol. The van der Waals surface area contributed by atoms with Gasteiger partial charge in [0.25, 0.3) is 0 Å². The van der Waals surface area contributed by atoms with Crippen LogP contribution in [0.1, 0.15) is 31.0 Å². The second-order valence-corrected chi connectivity index (χ2v) is 4.97. The van der Waals surface area contributed by atoms with E-state index in [4.69, 9.17) is 10.5 Å². The van der Waals surface area contributed by atoms with Gasteiger partial charge in [0.05, 0.1) is 24.8 Å². The smallest absolute Gasteiger partial charge is 0.122 e. The summed E-state index contributed by atoms with van der Waals surface area (Å²) in [5, 5.41) is 0. The third-order valence-electron chi connectivity index (χ3n) is 3.38. The van der Waals surface area contributed by atoms with Crippen molar-refractivity contribution in [1.82, 2.24) is 9.55 Å². The average Bonchev–Trinajstić information content (AvgIpc) is 2.78. The number of rotatable bonds is 4. The van der Waals surface area contributed by atoms with Crippen LogP contribution in [0.5, 0.6) is 5.75 Å². The van der Waals surface area contributed by atoms with Crippen LogP contribution in [0, 0.1) is 0 Å². The van der Waals surface area contributed by atoms with Gasteiger partial charge in [-0.1, -0.05) is 13.8 Å². The molecule has 0 atom stereocenters. The molecule has 1 aromatic heterocycles. The molecule has 0 aliphatic rings. The highest BCUT2D eigenvalue weighted by Gasteiger charge is 2.13. The van der Waals surface area contributed by atoms with Gasteiger partial charge in [-0.05, 0) is 29.7 Å². The van der Waals surface area contributed by atoms with Crippen LogP contribution in [0.4, 0.5) is 0 Å². The van der Waals surface area contributed by atoms with E-state index in [1.54, 1.807) is 13.4 Å². The predicted molar refractivity (Wildman–Crippen MR) is 77.2 cm³/mol. The molecule has 2 aromatic rings. The molecule has 2 N–H and O–H groups in total. The molecule has 1 aromatic carbocycles. The van der Waals surface area contributed by atoms with Crippen molar-refractivity contribution in [1.29, 1.82) is 0 Å². The summed E-state index contributed by atoms with van der Waals surface area (Å²) in [5.41, 5.74) is 10.1. The maximum absolute atomic E-state index is 5.80. The van der Waals surface area contributed by atoms with Crippen molar-refractivity contribution in [3.05, 3.63) is 35.8 Å². The number of nitrogens with zero attached hydrogens (tertiary/aromatic N) is 2. The van der Waals surface area contributed by atoms with Crippen molar-refractivity contribution in [3.63, 3.8) is 0 Å². The molecule has 0 spiro atoms. The fraction of sp³-hybridized carbons (Fsp3) is 0.400. The first-order valence-electron chi connectivity index (χ1n) is 6.47. The van der Waals surface area contributed by atoms with E-state index in [0.717, 1.165) is 22.7 Å². The Balaban J connectivity index is 2.54. The predicted octanol–water partition coefficient (Wildman–Crippen LogP) is 2.68. The summed E-state index contributed by atoms with van der Waals surface area (Å²) >= 11 is 0. The van der Waals surface area contributed by atoms with Crippen LogP contribution in [0.3, 0.4) is 0 Å². The minimum atomic E-state index is 0.403. The molecule has 0 saturated heterocycles. The molecule has 4 nitrogen and oxygen atoms in total. The number of benzene rings is 1. The first-order valence-corrected chi connectivity index (χ1v) is 6.47. The van der Waals surface area contributed by atoms with Crippen LogP contribution in [0.2, 0.25) is 0 Å². The van der Waals surface area contributed by atoms with Gasteiger partial charge in [-0.3, -0.25) is 0 Å². The van der Waals surface area contributed by atoms with E-state index in [2.05, 4.69) is 24.9 Å². The number of hydrogen-bond donors (Lipinski definition) is 1. The number of methoxy groups -OCH3 is 1. The second kappa shape index (κ2) is 5.45. The zero-order valence-electron chi connectivity index (χ0n) is 12.0. The Hall–Kier alpha value is -1.81. The molecular formula is C15H21N3O. The average molecular weight is 259 g/mol. The fourth-order valence-corrected chi connectivity index (χ4v) is 2.27. The van der Waals surface area contributed by atoms with E-state index < -0.39 is 0 Å². The molecule has 2 rings (SSSR count). The van der Waals surface area contributed by atoms with E-state index in [1.807, 2.05) is 23.7 Å². The van der Waals surface area contributed by atoms with Gasteiger partial charge in [0.1, 0.15) is 5.75 Å². The number of imidazole rings is 1. The van der Waals surface area contributed by atoms with Crippen LogP contribution in [0.15, 0.2) is 24.5 Å². The summed E-state index contributed by atoms with van der Waals surface area (Å²) in [5.74, 6) is 1.32. The molecule has 1 heterocycles.